The van der Waals surface area contributed by atoms with Crippen molar-refractivity contribution >= 4 is 16.8 Å². The molecule has 0 radical (unpaired) electrons. The summed E-state index contributed by atoms with van der Waals surface area (Å²) in [6, 6.07) is 0. The van der Waals surface area contributed by atoms with E-state index in [1.165, 1.54) is 0 Å². The Labute approximate surface area is 99.1 Å². The first kappa shape index (κ1) is 13.6. The molecule has 1 aliphatic rings. The molecule has 0 aliphatic carbocycles. The van der Waals surface area contributed by atoms with Gasteiger partial charge in [-0.05, 0) is 19.8 Å². The molecule has 0 aromatic rings. The molecule has 16 heavy (non-hydrogen) atoms. The van der Waals surface area contributed by atoms with Crippen LogP contribution in [0.2, 0.25) is 0 Å². The van der Waals surface area contributed by atoms with Gasteiger partial charge in [-0.25, -0.2) is 0 Å². The van der Waals surface area contributed by atoms with Crippen molar-refractivity contribution in [3.05, 3.63) is 0 Å². The van der Waals surface area contributed by atoms with Crippen molar-refractivity contribution in [3.8, 4) is 0 Å². The van der Waals surface area contributed by atoms with Crippen molar-refractivity contribution in [3.63, 3.8) is 0 Å². The van der Waals surface area contributed by atoms with Gasteiger partial charge in [-0.2, -0.15) is 0 Å². The number of hydrogen-bond donors (Lipinski definition) is 0. The summed E-state index contributed by atoms with van der Waals surface area (Å²) in [7, 11) is -0.956. The molecule has 0 amide bonds. The SMILES string of the molecule is CCOC(=O)CC(C)S(=O)C1CCOCC1. The summed E-state index contributed by atoms with van der Waals surface area (Å²) in [5.74, 6) is -0.254. The highest BCUT2D eigenvalue weighted by atomic mass is 32.2. The van der Waals surface area contributed by atoms with Crippen LogP contribution < -0.4 is 0 Å². The van der Waals surface area contributed by atoms with E-state index in [1.807, 2.05) is 6.92 Å². The molecule has 1 saturated heterocycles. The van der Waals surface area contributed by atoms with Crippen molar-refractivity contribution in [1.82, 2.24) is 0 Å². The lowest BCUT2D eigenvalue weighted by Gasteiger charge is -2.24. The van der Waals surface area contributed by atoms with Gasteiger partial charge in [0, 0.05) is 34.5 Å². The van der Waals surface area contributed by atoms with Crippen LogP contribution in [0, 0.1) is 0 Å². The Morgan fingerprint density at radius 3 is 2.69 bits per heavy atom. The van der Waals surface area contributed by atoms with Gasteiger partial charge in [-0.3, -0.25) is 9.00 Å². The van der Waals surface area contributed by atoms with Crippen LogP contribution >= 0.6 is 0 Å². The van der Waals surface area contributed by atoms with Gasteiger partial charge >= 0.3 is 5.97 Å². The Bertz CT molecular complexity index is 248. The first-order chi connectivity index (χ1) is 7.65. The van der Waals surface area contributed by atoms with Crippen LogP contribution in [0.1, 0.15) is 33.1 Å². The van der Waals surface area contributed by atoms with Crippen molar-refractivity contribution in [2.24, 2.45) is 0 Å². The summed E-state index contributed by atoms with van der Waals surface area (Å²) in [5, 5.41) is 0.0559. The van der Waals surface area contributed by atoms with E-state index in [2.05, 4.69) is 0 Å². The zero-order valence-corrected chi connectivity index (χ0v) is 10.8. The summed E-state index contributed by atoms with van der Waals surface area (Å²) >= 11 is 0. The monoisotopic (exact) mass is 248 g/mol. The molecule has 4 nitrogen and oxygen atoms in total. The van der Waals surface area contributed by atoms with E-state index >= 15 is 0 Å². The first-order valence-electron chi connectivity index (χ1n) is 5.78. The summed E-state index contributed by atoms with van der Waals surface area (Å²) in [6.07, 6.45) is 1.91. The Morgan fingerprint density at radius 1 is 1.50 bits per heavy atom. The van der Waals surface area contributed by atoms with E-state index < -0.39 is 10.8 Å². The van der Waals surface area contributed by atoms with Crippen molar-refractivity contribution < 1.29 is 18.5 Å². The minimum Gasteiger partial charge on any atom is -0.466 e. The van der Waals surface area contributed by atoms with Crippen LogP contribution in [-0.2, 0) is 25.1 Å². The van der Waals surface area contributed by atoms with E-state index in [0.717, 1.165) is 12.8 Å². The lowest BCUT2D eigenvalue weighted by Crippen LogP contribution is -2.31. The summed E-state index contributed by atoms with van der Waals surface area (Å²) in [5.41, 5.74) is 0. The fraction of sp³-hybridized carbons (Fsp3) is 0.909. The van der Waals surface area contributed by atoms with Gasteiger partial charge in [-0.15, -0.1) is 0 Å². The standard InChI is InChI=1S/C11H20O4S/c1-3-15-11(12)8-9(2)16(13)10-4-6-14-7-5-10/h9-10H,3-8H2,1-2H3. The number of hydrogen-bond acceptors (Lipinski definition) is 4. The summed E-state index contributed by atoms with van der Waals surface area (Å²) in [4.78, 5) is 11.3. The topological polar surface area (TPSA) is 52.6 Å². The maximum absolute atomic E-state index is 12.1. The second kappa shape index (κ2) is 7.01. The molecule has 0 bridgehead atoms. The minimum atomic E-state index is -0.956. The predicted octanol–water partition coefficient (Wildman–Crippen LogP) is 1.26. The summed E-state index contributed by atoms with van der Waals surface area (Å²) in [6.45, 7) is 5.38. The molecule has 0 aromatic carbocycles. The Morgan fingerprint density at radius 2 is 2.12 bits per heavy atom. The van der Waals surface area contributed by atoms with Crippen LogP contribution in [0.25, 0.3) is 0 Å². The van der Waals surface area contributed by atoms with Crippen LogP contribution in [0.3, 0.4) is 0 Å². The average Bonchev–Trinajstić information content (AvgIpc) is 2.29. The molecule has 0 saturated carbocycles. The number of rotatable bonds is 5. The fourth-order valence-electron chi connectivity index (χ4n) is 1.77. The number of carbonyl (C=O) groups is 1. The molecular weight excluding hydrogens is 228 g/mol. The van der Waals surface area contributed by atoms with Gasteiger partial charge in [-0.1, -0.05) is 6.92 Å². The molecule has 94 valence electrons. The smallest absolute Gasteiger partial charge is 0.306 e. The van der Waals surface area contributed by atoms with Gasteiger partial charge in [0.2, 0.25) is 0 Å². The zero-order valence-electron chi connectivity index (χ0n) is 9.94. The van der Waals surface area contributed by atoms with Crippen LogP contribution in [0.5, 0.6) is 0 Å². The van der Waals surface area contributed by atoms with Crippen molar-refractivity contribution in [1.29, 1.82) is 0 Å². The van der Waals surface area contributed by atoms with E-state index in [0.29, 0.717) is 19.8 Å². The van der Waals surface area contributed by atoms with Gasteiger partial charge in [0.05, 0.1) is 13.0 Å². The molecule has 0 aromatic heterocycles. The molecule has 1 heterocycles. The number of esters is 1. The molecular formula is C11H20O4S. The highest BCUT2D eigenvalue weighted by Gasteiger charge is 2.26. The molecule has 0 N–H and O–H groups in total. The van der Waals surface area contributed by atoms with Crippen LogP contribution in [0.15, 0.2) is 0 Å². The maximum atomic E-state index is 12.1. The van der Waals surface area contributed by atoms with E-state index in [4.69, 9.17) is 9.47 Å². The third-order valence-electron chi connectivity index (χ3n) is 2.65. The second-order valence-electron chi connectivity index (χ2n) is 3.96. The number of ether oxygens (including phenoxy) is 2. The lowest BCUT2D eigenvalue weighted by atomic mass is 10.2. The number of carbonyl (C=O) groups excluding carboxylic acids is 1. The molecule has 2 unspecified atom stereocenters. The first-order valence-corrected chi connectivity index (χ1v) is 7.05. The highest BCUT2D eigenvalue weighted by molar-refractivity contribution is 7.86. The van der Waals surface area contributed by atoms with Gasteiger partial charge < -0.3 is 9.47 Å². The van der Waals surface area contributed by atoms with Crippen molar-refractivity contribution in [2.75, 3.05) is 19.8 Å². The Kier molecular flexibility index (Phi) is 5.98. The molecule has 1 aliphatic heterocycles. The van der Waals surface area contributed by atoms with Gasteiger partial charge in [0.15, 0.2) is 0 Å². The minimum absolute atomic E-state index is 0.123. The third kappa shape index (κ3) is 4.22. The molecule has 2 atom stereocenters. The van der Waals surface area contributed by atoms with Crippen LogP contribution in [0.4, 0.5) is 0 Å². The van der Waals surface area contributed by atoms with E-state index in [9.17, 15) is 9.00 Å². The van der Waals surface area contributed by atoms with Crippen molar-refractivity contribution in [2.45, 2.75) is 43.6 Å². The predicted molar refractivity (Wildman–Crippen MR) is 62.7 cm³/mol. The fourth-order valence-corrected chi connectivity index (χ4v) is 3.39. The normalized spacial score (nSPS) is 21.4. The Hall–Kier alpha value is -0.420. The second-order valence-corrected chi connectivity index (χ2v) is 6.09. The zero-order chi connectivity index (χ0) is 12.0. The average molecular weight is 248 g/mol. The molecule has 5 heteroatoms. The van der Waals surface area contributed by atoms with Gasteiger partial charge in [0.25, 0.3) is 0 Å². The highest BCUT2D eigenvalue weighted by Crippen LogP contribution is 2.18. The van der Waals surface area contributed by atoms with E-state index in [-0.39, 0.29) is 22.9 Å². The quantitative estimate of drug-likeness (QED) is 0.687. The van der Waals surface area contributed by atoms with E-state index in [1.54, 1.807) is 6.92 Å². The largest absolute Gasteiger partial charge is 0.466 e. The van der Waals surface area contributed by atoms with Crippen LogP contribution in [-0.4, -0.2) is 40.5 Å². The lowest BCUT2D eigenvalue weighted by molar-refractivity contribution is -0.143. The molecule has 0 spiro atoms. The molecule has 1 fully saturated rings. The maximum Gasteiger partial charge on any atom is 0.306 e. The van der Waals surface area contributed by atoms with Gasteiger partial charge in [0.1, 0.15) is 0 Å². The Balaban J connectivity index is 2.37. The summed E-state index contributed by atoms with van der Waals surface area (Å²) < 4.78 is 22.2. The molecule has 1 rings (SSSR count). The third-order valence-corrected chi connectivity index (χ3v) is 4.74.